The van der Waals surface area contributed by atoms with E-state index in [2.05, 4.69) is 26.1 Å². The van der Waals surface area contributed by atoms with E-state index in [4.69, 9.17) is 14.8 Å². The Balaban J connectivity index is 1.26. The lowest BCUT2D eigenvalue weighted by atomic mass is 9.96. The van der Waals surface area contributed by atoms with E-state index >= 15 is 0 Å². The third-order valence-electron chi connectivity index (χ3n) is 7.12. The lowest BCUT2D eigenvalue weighted by Crippen LogP contribution is -2.35. The number of aromatic nitrogens is 6. The molecule has 1 saturated heterocycles. The monoisotopic (exact) mass is 497 g/mol. The van der Waals surface area contributed by atoms with Crippen LogP contribution in [0.4, 0.5) is 4.39 Å². The molecule has 0 unspecified atom stereocenters. The number of nitrogens with zero attached hydrogens (tertiary/aromatic N) is 6. The van der Waals surface area contributed by atoms with Gasteiger partial charge in [0.1, 0.15) is 23.1 Å². The number of fused-ring (bicyclic) bond motifs is 1. The summed E-state index contributed by atoms with van der Waals surface area (Å²) >= 11 is 0. The summed E-state index contributed by atoms with van der Waals surface area (Å²) in [5, 5.41) is 13.4. The van der Waals surface area contributed by atoms with Crippen LogP contribution in [-0.2, 0) is 13.6 Å². The van der Waals surface area contributed by atoms with E-state index in [0.717, 1.165) is 59.5 Å². The fraction of sp³-hybridized carbons (Fsp3) is 0.286. The van der Waals surface area contributed by atoms with Crippen LogP contribution in [0.25, 0.3) is 33.5 Å². The molecule has 188 valence electrons. The minimum atomic E-state index is -0.233. The van der Waals surface area contributed by atoms with Gasteiger partial charge >= 0.3 is 0 Å². The van der Waals surface area contributed by atoms with Gasteiger partial charge in [-0.1, -0.05) is 6.07 Å². The summed E-state index contributed by atoms with van der Waals surface area (Å²) in [6.07, 6.45) is 5.56. The first-order valence-corrected chi connectivity index (χ1v) is 12.4. The van der Waals surface area contributed by atoms with Crippen molar-refractivity contribution in [2.45, 2.75) is 25.3 Å². The van der Waals surface area contributed by atoms with Gasteiger partial charge in [-0.2, -0.15) is 10.2 Å². The molecule has 8 nitrogen and oxygen atoms in total. The second-order valence-corrected chi connectivity index (χ2v) is 9.48. The fourth-order valence-corrected chi connectivity index (χ4v) is 5.27. The lowest BCUT2D eigenvalue weighted by Gasteiger charge is -2.32. The Morgan fingerprint density at radius 3 is 2.81 bits per heavy atom. The van der Waals surface area contributed by atoms with Crippen LogP contribution in [-0.4, -0.2) is 55.0 Å². The summed E-state index contributed by atoms with van der Waals surface area (Å²) in [6, 6.07) is 15.0. The maximum Gasteiger partial charge on any atom is 0.181 e. The number of benzene rings is 2. The van der Waals surface area contributed by atoms with Crippen LogP contribution in [0.1, 0.15) is 30.1 Å². The minimum absolute atomic E-state index is 0.211. The van der Waals surface area contributed by atoms with Gasteiger partial charge in [-0.05, 0) is 61.9 Å². The van der Waals surface area contributed by atoms with E-state index in [-0.39, 0.29) is 11.7 Å². The summed E-state index contributed by atoms with van der Waals surface area (Å²) in [4.78, 5) is 11.4. The molecule has 9 heteroatoms. The molecule has 0 saturated carbocycles. The van der Waals surface area contributed by atoms with Crippen molar-refractivity contribution in [3.8, 4) is 28.4 Å². The Hall–Kier alpha value is -4.11. The number of aromatic amines is 1. The summed E-state index contributed by atoms with van der Waals surface area (Å²) in [5.41, 5.74) is 4.37. The van der Waals surface area contributed by atoms with Crippen LogP contribution in [0.5, 0.6) is 5.75 Å². The Kier molecular flexibility index (Phi) is 6.13. The number of nitrogens with one attached hydrogen (secondary N) is 1. The molecule has 0 bridgehead atoms. The molecular formula is C28H28FN7O. The number of ether oxygens (including phenoxy) is 1. The molecule has 4 heterocycles. The van der Waals surface area contributed by atoms with Crippen molar-refractivity contribution >= 4 is 10.9 Å². The van der Waals surface area contributed by atoms with Crippen molar-refractivity contribution < 1.29 is 9.13 Å². The zero-order valence-electron chi connectivity index (χ0n) is 20.9. The third kappa shape index (κ3) is 4.46. The Bertz CT molecular complexity index is 1550. The van der Waals surface area contributed by atoms with Gasteiger partial charge in [0.25, 0.3) is 0 Å². The van der Waals surface area contributed by atoms with E-state index in [1.807, 2.05) is 42.1 Å². The van der Waals surface area contributed by atoms with Crippen LogP contribution in [0.15, 0.2) is 60.9 Å². The largest absolute Gasteiger partial charge is 0.496 e. The molecule has 0 aliphatic carbocycles. The molecule has 2 aromatic carbocycles. The number of hydrogen-bond acceptors (Lipinski definition) is 6. The van der Waals surface area contributed by atoms with Crippen LogP contribution in [0.2, 0.25) is 0 Å². The van der Waals surface area contributed by atoms with E-state index in [0.29, 0.717) is 23.7 Å². The molecule has 37 heavy (non-hydrogen) atoms. The Morgan fingerprint density at radius 1 is 1.11 bits per heavy atom. The molecule has 1 aliphatic rings. The van der Waals surface area contributed by atoms with Gasteiger partial charge in [0.2, 0.25) is 0 Å². The molecule has 0 spiro atoms. The fourth-order valence-electron chi connectivity index (χ4n) is 5.27. The van der Waals surface area contributed by atoms with E-state index in [9.17, 15) is 4.39 Å². The summed E-state index contributed by atoms with van der Waals surface area (Å²) in [6.45, 7) is 2.20. The topological polar surface area (TPSA) is 84.8 Å². The Morgan fingerprint density at radius 2 is 1.97 bits per heavy atom. The maximum atomic E-state index is 14.5. The highest BCUT2D eigenvalue weighted by Crippen LogP contribution is 2.32. The highest BCUT2D eigenvalue weighted by Gasteiger charge is 2.27. The molecule has 0 amide bonds. The van der Waals surface area contributed by atoms with Gasteiger partial charge < -0.3 is 4.74 Å². The molecule has 6 rings (SSSR count). The maximum absolute atomic E-state index is 14.5. The molecule has 0 radical (unpaired) electrons. The average Bonchev–Trinajstić information content (AvgIpc) is 3.53. The number of methoxy groups -OCH3 is 1. The second kappa shape index (κ2) is 9.74. The van der Waals surface area contributed by atoms with E-state index in [1.54, 1.807) is 25.6 Å². The van der Waals surface area contributed by atoms with Gasteiger partial charge in [0, 0.05) is 60.5 Å². The minimum Gasteiger partial charge on any atom is -0.496 e. The van der Waals surface area contributed by atoms with Gasteiger partial charge in [-0.15, -0.1) is 0 Å². The van der Waals surface area contributed by atoms with Gasteiger partial charge in [-0.3, -0.25) is 19.7 Å². The highest BCUT2D eigenvalue weighted by atomic mass is 19.1. The van der Waals surface area contributed by atoms with Crippen LogP contribution in [0.3, 0.4) is 0 Å². The summed E-state index contributed by atoms with van der Waals surface area (Å²) in [7, 11) is 3.53. The molecule has 1 atom stereocenters. The standard InChI is InChI=1S/C28H28FN7O/c1-35-28(20-5-4-14-36(16-20)17-22-23(29)6-3-7-25(22)37-2)31-27(34-35)19-8-9-24-21(15-19)26(33-32-24)18-10-12-30-13-11-18/h3,6-13,15,20H,4-5,14,16-17H2,1-2H3,(H,32,33)/t20-/m1/s1. The number of likely N-dealkylation sites (tertiary alicyclic amines) is 1. The predicted molar refractivity (Wildman–Crippen MR) is 140 cm³/mol. The first kappa shape index (κ1) is 23.3. The summed E-state index contributed by atoms with van der Waals surface area (Å²) in [5.74, 6) is 2.20. The zero-order valence-corrected chi connectivity index (χ0v) is 20.9. The predicted octanol–water partition coefficient (Wildman–Crippen LogP) is 4.95. The quantitative estimate of drug-likeness (QED) is 0.357. The molecule has 1 aliphatic heterocycles. The molecule has 3 aromatic heterocycles. The second-order valence-electron chi connectivity index (χ2n) is 9.48. The first-order valence-electron chi connectivity index (χ1n) is 12.4. The summed E-state index contributed by atoms with van der Waals surface area (Å²) < 4.78 is 21.8. The third-order valence-corrected chi connectivity index (χ3v) is 7.12. The number of rotatable bonds is 6. The van der Waals surface area contributed by atoms with Crippen molar-refractivity contribution in [1.82, 2.24) is 34.8 Å². The number of halogens is 1. The number of hydrogen-bond donors (Lipinski definition) is 1. The number of aryl methyl sites for hydroxylation is 1. The average molecular weight is 498 g/mol. The van der Waals surface area contributed by atoms with Crippen LogP contribution < -0.4 is 4.74 Å². The number of piperidine rings is 1. The molecule has 1 fully saturated rings. The number of pyridine rings is 1. The van der Waals surface area contributed by atoms with E-state index in [1.165, 1.54) is 6.07 Å². The number of H-pyrrole nitrogens is 1. The van der Waals surface area contributed by atoms with Gasteiger partial charge in [-0.25, -0.2) is 9.37 Å². The van der Waals surface area contributed by atoms with Crippen molar-refractivity contribution in [2.24, 2.45) is 7.05 Å². The van der Waals surface area contributed by atoms with Gasteiger partial charge in [0.15, 0.2) is 5.82 Å². The van der Waals surface area contributed by atoms with E-state index < -0.39 is 0 Å². The van der Waals surface area contributed by atoms with Crippen LogP contribution >= 0.6 is 0 Å². The Labute approximate surface area is 214 Å². The molecular weight excluding hydrogens is 469 g/mol. The van der Waals surface area contributed by atoms with Crippen molar-refractivity contribution in [2.75, 3.05) is 20.2 Å². The zero-order chi connectivity index (χ0) is 25.4. The molecule has 5 aromatic rings. The van der Waals surface area contributed by atoms with Crippen LogP contribution in [0, 0.1) is 5.82 Å². The van der Waals surface area contributed by atoms with Crippen molar-refractivity contribution in [3.05, 3.63) is 78.1 Å². The van der Waals surface area contributed by atoms with Gasteiger partial charge in [0.05, 0.1) is 12.6 Å². The lowest BCUT2D eigenvalue weighted by molar-refractivity contribution is 0.190. The normalized spacial score (nSPS) is 16.4. The molecule has 1 N–H and O–H groups in total. The SMILES string of the molecule is COc1cccc(F)c1CN1CCC[C@@H](c2nc(-c3ccc4[nH]nc(-c5ccncc5)c4c3)nn2C)C1. The smallest absolute Gasteiger partial charge is 0.181 e. The highest BCUT2D eigenvalue weighted by molar-refractivity contribution is 5.95. The van der Waals surface area contributed by atoms with Crippen molar-refractivity contribution in [1.29, 1.82) is 0 Å². The first-order chi connectivity index (χ1) is 18.1. The van der Waals surface area contributed by atoms with Crippen molar-refractivity contribution in [3.63, 3.8) is 0 Å².